The molecule has 0 heterocycles. The van der Waals surface area contributed by atoms with Gasteiger partial charge in [-0.3, -0.25) is 4.99 Å². The highest BCUT2D eigenvalue weighted by molar-refractivity contribution is 14.0. The van der Waals surface area contributed by atoms with Gasteiger partial charge in [0.05, 0.1) is 12.9 Å². The van der Waals surface area contributed by atoms with Crippen LogP contribution >= 0.6 is 24.0 Å². The first-order valence-corrected chi connectivity index (χ1v) is 8.19. The highest BCUT2D eigenvalue weighted by Crippen LogP contribution is 1.97. The summed E-state index contributed by atoms with van der Waals surface area (Å²) in [6.07, 6.45) is 1.96. The van der Waals surface area contributed by atoms with E-state index < -0.39 is 10.0 Å². The molecule has 0 aliphatic rings. The van der Waals surface area contributed by atoms with E-state index in [1.165, 1.54) is 10.6 Å². The summed E-state index contributed by atoms with van der Waals surface area (Å²) in [7, 11) is 0.237. The molecule has 9 heteroatoms. The fraction of sp³-hybridized carbons (Fsp3) is 0.909. The van der Waals surface area contributed by atoms with E-state index in [9.17, 15) is 8.42 Å². The zero-order valence-electron chi connectivity index (χ0n) is 12.7. The lowest BCUT2D eigenvalue weighted by molar-refractivity contribution is 0.203. The zero-order chi connectivity index (χ0) is 14.7. The predicted molar refractivity (Wildman–Crippen MR) is 93.4 cm³/mol. The quantitative estimate of drug-likeness (QED) is 0.238. The number of methoxy groups -OCH3 is 1. The van der Waals surface area contributed by atoms with Crippen LogP contribution in [0.4, 0.5) is 0 Å². The SMILES string of the molecule is CCN(CCCNC(=NC)NCCOC)S(C)(=O)=O.I. The van der Waals surface area contributed by atoms with Gasteiger partial charge in [-0.15, -0.1) is 24.0 Å². The summed E-state index contributed by atoms with van der Waals surface area (Å²) in [6, 6.07) is 0. The molecule has 0 unspecified atom stereocenters. The van der Waals surface area contributed by atoms with Gasteiger partial charge < -0.3 is 15.4 Å². The molecule has 0 fully saturated rings. The maximum absolute atomic E-state index is 11.4. The average Bonchev–Trinajstić information content (AvgIpc) is 2.35. The minimum Gasteiger partial charge on any atom is -0.383 e. The highest BCUT2D eigenvalue weighted by Gasteiger charge is 2.13. The minimum atomic E-state index is -3.10. The Kier molecular flexibility index (Phi) is 14.0. The normalized spacial score (nSPS) is 12.2. The van der Waals surface area contributed by atoms with E-state index in [1.807, 2.05) is 6.92 Å². The standard InChI is InChI=1S/C11H26N4O3S.HI/c1-5-15(19(4,16)17)9-6-7-13-11(12-2)14-8-10-18-3;/h5-10H2,1-4H3,(H2,12,13,14);1H. The number of nitrogens with zero attached hydrogens (tertiary/aromatic N) is 2. The Labute approximate surface area is 139 Å². The number of guanidine groups is 1. The fourth-order valence-corrected chi connectivity index (χ4v) is 2.44. The van der Waals surface area contributed by atoms with Gasteiger partial charge in [-0.1, -0.05) is 6.92 Å². The van der Waals surface area contributed by atoms with E-state index in [1.54, 1.807) is 14.2 Å². The Bertz CT molecular complexity index is 363. The summed E-state index contributed by atoms with van der Waals surface area (Å²) >= 11 is 0. The molecule has 20 heavy (non-hydrogen) atoms. The van der Waals surface area contributed by atoms with Crippen molar-refractivity contribution >= 4 is 40.0 Å². The molecular weight excluding hydrogens is 395 g/mol. The molecule has 0 aliphatic heterocycles. The smallest absolute Gasteiger partial charge is 0.211 e. The largest absolute Gasteiger partial charge is 0.383 e. The summed E-state index contributed by atoms with van der Waals surface area (Å²) in [6.45, 7) is 4.80. The van der Waals surface area contributed by atoms with Crippen LogP contribution in [0.3, 0.4) is 0 Å². The third-order valence-electron chi connectivity index (χ3n) is 2.52. The number of nitrogens with one attached hydrogen (secondary N) is 2. The van der Waals surface area contributed by atoms with Gasteiger partial charge in [-0.2, -0.15) is 0 Å². The van der Waals surface area contributed by atoms with Crippen molar-refractivity contribution < 1.29 is 13.2 Å². The van der Waals surface area contributed by atoms with E-state index in [0.29, 0.717) is 38.7 Å². The number of hydrogen-bond donors (Lipinski definition) is 2. The van der Waals surface area contributed by atoms with Crippen molar-refractivity contribution in [2.24, 2.45) is 4.99 Å². The molecule has 122 valence electrons. The van der Waals surface area contributed by atoms with Crippen LogP contribution in [0.5, 0.6) is 0 Å². The second kappa shape index (κ2) is 12.6. The van der Waals surface area contributed by atoms with Crippen molar-refractivity contribution in [1.82, 2.24) is 14.9 Å². The molecule has 0 rings (SSSR count). The van der Waals surface area contributed by atoms with Crippen molar-refractivity contribution in [3.8, 4) is 0 Å². The Morgan fingerprint density at radius 1 is 1.30 bits per heavy atom. The molecule has 0 spiro atoms. The molecule has 0 amide bonds. The van der Waals surface area contributed by atoms with Crippen LogP contribution in [0.1, 0.15) is 13.3 Å². The Morgan fingerprint density at radius 2 is 1.90 bits per heavy atom. The molecule has 2 N–H and O–H groups in total. The Balaban J connectivity index is 0. The molecule has 0 aromatic heterocycles. The van der Waals surface area contributed by atoms with Gasteiger partial charge in [0, 0.05) is 40.3 Å². The Hall–Kier alpha value is -0.130. The molecule has 7 nitrogen and oxygen atoms in total. The van der Waals surface area contributed by atoms with E-state index in [2.05, 4.69) is 15.6 Å². The van der Waals surface area contributed by atoms with E-state index in [4.69, 9.17) is 4.74 Å². The van der Waals surface area contributed by atoms with Crippen molar-refractivity contribution in [3.63, 3.8) is 0 Å². The van der Waals surface area contributed by atoms with Crippen LogP contribution in [0, 0.1) is 0 Å². The topological polar surface area (TPSA) is 83.0 Å². The third kappa shape index (κ3) is 10.6. The first-order valence-electron chi connectivity index (χ1n) is 6.34. The first-order chi connectivity index (χ1) is 8.95. The van der Waals surface area contributed by atoms with Crippen molar-refractivity contribution in [3.05, 3.63) is 0 Å². The number of halogens is 1. The second-order valence-electron chi connectivity index (χ2n) is 4.03. The van der Waals surface area contributed by atoms with Crippen LogP contribution in [0.2, 0.25) is 0 Å². The molecule has 0 aromatic carbocycles. The van der Waals surface area contributed by atoms with Crippen LogP contribution in [0.25, 0.3) is 0 Å². The molecule has 0 aromatic rings. The predicted octanol–water partition coefficient (Wildman–Crippen LogP) is 0.0874. The molecule has 0 saturated carbocycles. The van der Waals surface area contributed by atoms with E-state index in [0.717, 1.165) is 6.42 Å². The summed E-state index contributed by atoms with van der Waals surface area (Å²) in [4.78, 5) is 4.05. The van der Waals surface area contributed by atoms with Gasteiger partial charge in [-0.25, -0.2) is 12.7 Å². The molecule has 0 atom stereocenters. The summed E-state index contributed by atoms with van der Waals surface area (Å²) < 4.78 is 29.1. The van der Waals surface area contributed by atoms with E-state index >= 15 is 0 Å². The molecule has 0 radical (unpaired) electrons. The summed E-state index contributed by atoms with van der Waals surface area (Å²) in [5.41, 5.74) is 0. The van der Waals surface area contributed by atoms with Crippen LogP contribution in [-0.4, -0.2) is 71.9 Å². The minimum absolute atomic E-state index is 0. The van der Waals surface area contributed by atoms with Crippen molar-refractivity contribution in [1.29, 1.82) is 0 Å². The fourth-order valence-electron chi connectivity index (χ4n) is 1.51. The van der Waals surface area contributed by atoms with Gasteiger partial charge in [0.2, 0.25) is 10.0 Å². The van der Waals surface area contributed by atoms with Crippen LogP contribution in [-0.2, 0) is 14.8 Å². The summed E-state index contributed by atoms with van der Waals surface area (Å²) in [5, 5.41) is 6.21. The van der Waals surface area contributed by atoms with Crippen LogP contribution in [0.15, 0.2) is 4.99 Å². The monoisotopic (exact) mass is 422 g/mol. The van der Waals surface area contributed by atoms with Crippen molar-refractivity contribution in [2.75, 3.05) is 53.2 Å². The van der Waals surface area contributed by atoms with Gasteiger partial charge in [0.1, 0.15) is 0 Å². The van der Waals surface area contributed by atoms with Crippen LogP contribution < -0.4 is 10.6 Å². The molecule has 0 saturated heterocycles. The lowest BCUT2D eigenvalue weighted by Gasteiger charge is -2.18. The van der Waals surface area contributed by atoms with Crippen molar-refractivity contribution in [2.45, 2.75) is 13.3 Å². The van der Waals surface area contributed by atoms with Gasteiger partial charge in [0.15, 0.2) is 5.96 Å². The first kappa shape index (κ1) is 22.2. The number of hydrogen-bond acceptors (Lipinski definition) is 4. The molecule has 0 aliphatic carbocycles. The molecular formula is C11H27IN4O3S. The van der Waals surface area contributed by atoms with E-state index in [-0.39, 0.29) is 24.0 Å². The number of aliphatic imine (C=N–C) groups is 1. The molecule has 0 bridgehead atoms. The highest BCUT2D eigenvalue weighted by atomic mass is 127. The summed E-state index contributed by atoms with van der Waals surface area (Å²) in [5.74, 6) is 0.694. The lowest BCUT2D eigenvalue weighted by Crippen LogP contribution is -2.40. The zero-order valence-corrected chi connectivity index (χ0v) is 15.8. The van der Waals surface area contributed by atoms with Gasteiger partial charge in [0.25, 0.3) is 0 Å². The second-order valence-corrected chi connectivity index (χ2v) is 6.01. The maximum Gasteiger partial charge on any atom is 0.211 e. The number of sulfonamides is 1. The maximum atomic E-state index is 11.4. The average molecular weight is 422 g/mol. The Morgan fingerprint density at radius 3 is 2.35 bits per heavy atom. The lowest BCUT2D eigenvalue weighted by atomic mass is 10.4. The van der Waals surface area contributed by atoms with Gasteiger partial charge in [-0.05, 0) is 6.42 Å². The third-order valence-corrected chi connectivity index (χ3v) is 3.90. The van der Waals surface area contributed by atoms with Gasteiger partial charge >= 0.3 is 0 Å². The number of ether oxygens (including phenoxy) is 1. The number of rotatable bonds is 9.